The van der Waals surface area contributed by atoms with Gasteiger partial charge in [0.1, 0.15) is 23.1 Å². The molecule has 2 rings (SSSR count). The molecule has 0 aromatic heterocycles. The fourth-order valence-electron chi connectivity index (χ4n) is 1.53. The molecule has 0 heterocycles. The van der Waals surface area contributed by atoms with Crippen LogP contribution in [0.2, 0.25) is 0 Å². The lowest BCUT2D eigenvalue weighted by Gasteiger charge is -2.07. The normalized spacial score (nSPS) is 10.2. The number of halogens is 1. The van der Waals surface area contributed by atoms with Crippen molar-refractivity contribution in [1.82, 2.24) is 0 Å². The van der Waals surface area contributed by atoms with Crippen LogP contribution in [0.1, 0.15) is 10.4 Å². The summed E-state index contributed by atoms with van der Waals surface area (Å²) in [6.07, 6.45) is 0. The Morgan fingerprint density at radius 2 is 1.58 bits per heavy atom. The molecule has 19 heavy (non-hydrogen) atoms. The molecule has 0 aliphatic carbocycles. The Hall–Kier alpha value is -2.76. The maximum absolute atomic E-state index is 13.4. The molecule has 0 aliphatic heterocycles. The van der Waals surface area contributed by atoms with Gasteiger partial charge in [0, 0.05) is 17.7 Å². The summed E-state index contributed by atoms with van der Waals surface area (Å²) < 4.78 is 13.4. The van der Waals surface area contributed by atoms with Gasteiger partial charge in [-0.2, -0.15) is 0 Å². The molecule has 6 heteroatoms. The highest BCUT2D eigenvalue weighted by atomic mass is 19.1. The number of carbonyl (C=O) groups is 1. The number of rotatable bonds is 2. The number of carbonyl (C=O) groups excluding carboxylic acids is 1. The van der Waals surface area contributed by atoms with Gasteiger partial charge >= 0.3 is 0 Å². The molecule has 2 aromatic carbocycles. The molecule has 1 amide bonds. The van der Waals surface area contributed by atoms with Gasteiger partial charge in [0.25, 0.3) is 5.91 Å². The second-order valence-electron chi connectivity index (χ2n) is 3.86. The van der Waals surface area contributed by atoms with Gasteiger partial charge in [-0.05, 0) is 24.3 Å². The average Bonchev–Trinajstić information content (AvgIpc) is 2.31. The standard InChI is InChI=1S/C13H10FNO4/c14-11-6-8(16)1-2-12(11)15-13(19)7-3-9(17)5-10(18)4-7/h1-6,16-18H,(H,15,19). The van der Waals surface area contributed by atoms with Crippen LogP contribution in [0.25, 0.3) is 0 Å². The van der Waals surface area contributed by atoms with Gasteiger partial charge in [-0.1, -0.05) is 0 Å². The molecule has 0 atom stereocenters. The number of hydrogen-bond donors (Lipinski definition) is 4. The second kappa shape index (κ2) is 4.85. The van der Waals surface area contributed by atoms with Crippen LogP contribution in [0.5, 0.6) is 17.2 Å². The van der Waals surface area contributed by atoms with E-state index >= 15 is 0 Å². The Morgan fingerprint density at radius 3 is 2.16 bits per heavy atom. The number of aromatic hydroxyl groups is 3. The number of phenols is 3. The monoisotopic (exact) mass is 263 g/mol. The summed E-state index contributed by atoms with van der Waals surface area (Å²) in [4.78, 5) is 11.8. The largest absolute Gasteiger partial charge is 0.508 e. The van der Waals surface area contributed by atoms with Gasteiger partial charge in [-0.3, -0.25) is 4.79 Å². The summed E-state index contributed by atoms with van der Waals surface area (Å²) in [7, 11) is 0. The van der Waals surface area contributed by atoms with E-state index in [-0.39, 0.29) is 28.5 Å². The number of nitrogens with one attached hydrogen (secondary N) is 1. The predicted octanol–water partition coefficient (Wildman–Crippen LogP) is 2.19. The van der Waals surface area contributed by atoms with Crippen LogP contribution in [-0.2, 0) is 0 Å². The van der Waals surface area contributed by atoms with Crippen LogP contribution in [0, 0.1) is 5.82 Å². The first kappa shape index (κ1) is 12.7. The first-order valence-corrected chi connectivity index (χ1v) is 5.28. The van der Waals surface area contributed by atoms with Crippen molar-refractivity contribution in [2.45, 2.75) is 0 Å². The van der Waals surface area contributed by atoms with Gasteiger partial charge in [-0.15, -0.1) is 0 Å². The molecule has 0 aliphatic rings. The maximum Gasteiger partial charge on any atom is 0.256 e. The molecule has 0 saturated heterocycles. The zero-order chi connectivity index (χ0) is 14.0. The Kier molecular flexibility index (Phi) is 3.24. The molecule has 0 spiro atoms. The van der Waals surface area contributed by atoms with E-state index in [4.69, 9.17) is 5.11 Å². The van der Waals surface area contributed by atoms with Crippen LogP contribution in [-0.4, -0.2) is 21.2 Å². The van der Waals surface area contributed by atoms with Crippen LogP contribution in [0.3, 0.4) is 0 Å². The Bertz CT molecular complexity index is 622. The average molecular weight is 263 g/mol. The van der Waals surface area contributed by atoms with Gasteiger partial charge in [0.2, 0.25) is 0 Å². The van der Waals surface area contributed by atoms with E-state index in [1.807, 2.05) is 0 Å². The summed E-state index contributed by atoms with van der Waals surface area (Å²) in [6.45, 7) is 0. The maximum atomic E-state index is 13.4. The van der Waals surface area contributed by atoms with Crippen molar-refractivity contribution in [3.63, 3.8) is 0 Å². The van der Waals surface area contributed by atoms with E-state index in [1.165, 1.54) is 12.1 Å². The Morgan fingerprint density at radius 1 is 0.947 bits per heavy atom. The van der Waals surface area contributed by atoms with Crippen molar-refractivity contribution in [2.75, 3.05) is 5.32 Å². The molecule has 4 N–H and O–H groups in total. The highest BCUT2D eigenvalue weighted by Crippen LogP contribution is 2.23. The highest BCUT2D eigenvalue weighted by molar-refractivity contribution is 6.04. The molecular weight excluding hydrogens is 253 g/mol. The fourth-order valence-corrected chi connectivity index (χ4v) is 1.53. The van der Waals surface area contributed by atoms with Crippen molar-refractivity contribution < 1.29 is 24.5 Å². The zero-order valence-corrected chi connectivity index (χ0v) is 9.59. The quantitative estimate of drug-likeness (QED) is 0.625. The first-order chi connectivity index (χ1) is 8.95. The number of benzene rings is 2. The van der Waals surface area contributed by atoms with Crippen molar-refractivity contribution in [2.24, 2.45) is 0 Å². The lowest BCUT2D eigenvalue weighted by atomic mass is 10.2. The smallest absolute Gasteiger partial charge is 0.256 e. The first-order valence-electron chi connectivity index (χ1n) is 5.28. The summed E-state index contributed by atoms with van der Waals surface area (Å²) in [6, 6.07) is 6.61. The second-order valence-corrected chi connectivity index (χ2v) is 3.86. The van der Waals surface area contributed by atoms with E-state index in [1.54, 1.807) is 0 Å². The molecular formula is C13H10FNO4. The van der Waals surface area contributed by atoms with Gasteiger partial charge in [0.05, 0.1) is 5.69 Å². The van der Waals surface area contributed by atoms with Gasteiger partial charge < -0.3 is 20.6 Å². The number of amides is 1. The summed E-state index contributed by atoms with van der Waals surface area (Å²) >= 11 is 0. The number of phenolic OH excluding ortho intramolecular Hbond substituents is 3. The van der Waals surface area contributed by atoms with E-state index in [9.17, 15) is 19.4 Å². The molecule has 98 valence electrons. The fraction of sp³-hybridized carbons (Fsp3) is 0. The van der Waals surface area contributed by atoms with Crippen molar-refractivity contribution in [3.05, 3.63) is 47.8 Å². The SMILES string of the molecule is O=C(Nc1ccc(O)cc1F)c1cc(O)cc(O)c1. The highest BCUT2D eigenvalue weighted by Gasteiger charge is 2.11. The molecule has 2 aromatic rings. The van der Waals surface area contributed by atoms with Crippen LogP contribution >= 0.6 is 0 Å². The third kappa shape index (κ3) is 2.92. The molecule has 0 unspecified atom stereocenters. The third-order valence-corrected chi connectivity index (χ3v) is 2.37. The molecule has 0 saturated carbocycles. The molecule has 5 nitrogen and oxygen atoms in total. The topological polar surface area (TPSA) is 89.8 Å². The van der Waals surface area contributed by atoms with Gasteiger partial charge in [0.15, 0.2) is 0 Å². The van der Waals surface area contributed by atoms with Crippen molar-refractivity contribution in [3.8, 4) is 17.2 Å². The Labute approximate surface area is 107 Å². The Balaban J connectivity index is 2.25. The van der Waals surface area contributed by atoms with Crippen LogP contribution in [0.15, 0.2) is 36.4 Å². The molecule has 0 fully saturated rings. The van der Waals surface area contributed by atoms with Crippen LogP contribution < -0.4 is 5.32 Å². The molecule has 0 bridgehead atoms. The summed E-state index contributed by atoms with van der Waals surface area (Å²) in [5, 5.41) is 29.8. The van der Waals surface area contributed by atoms with E-state index in [2.05, 4.69) is 5.32 Å². The zero-order valence-electron chi connectivity index (χ0n) is 9.59. The predicted molar refractivity (Wildman–Crippen MR) is 65.8 cm³/mol. The lowest BCUT2D eigenvalue weighted by molar-refractivity contribution is 0.102. The minimum Gasteiger partial charge on any atom is -0.508 e. The minimum absolute atomic E-state index is 0.0232. The number of anilines is 1. The number of hydrogen-bond acceptors (Lipinski definition) is 4. The van der Waals surface area contributed by atoms with E-state index < -0.39 is 11.7 Å². The van der Waals surface area contributed by atoms with E-state index in [0.29, 0.717) is 0 Å². The lowest BCUT2D eigenvalue weighted by Crippen LogP contribution is -2.12. The minimum atomic E-state index is -0.794. The summed E-state index contributed by atoms with van der Waals surface area (Å²) in [5.41, 5.74) is -0.143. The summed E-state index contributed by atoms with van der Waals surface area (Å²) in [5.74, 6) is -2.31. The van der Waals surface area contributed by atoms with Crippen LogP contribution in [0.4, 0.5) is 10.1 Å². The third-order valence-electron chi connectivity index (χ3n) is 2.37. The van der Waals surface area contributed by atoms with Gasteiger partial charge in [-0.25, -0.2) is 4.39 Å². The van der Waals surface area contributed by atoms with Crippen molar-refractivity contribution >= 4 is 11.6 Å². The van der Waals surface area contributed by atoms with Crippen molar-refractivity contribution in [1.29, 1.82) is 0 Å². The van der Waals surface area contributed by atoms with E-state index in [0.717, 1.165) is 24.3 Å². The molecule has 0 radical (unpaired) electrons.